The van der Waals surface area contributed by atoms with Crippen LogP contribution in [0.15, 0.2) is 71.3 Å². The number of rotatable bonds is 4. The summed E-state index contributed by atoms with van der Waals surface area (Å²) in [6.45, 7) is 2.32. The first-order valence-electron chi connectivity index (χ1n) is 7.97. The first-order valence-corrected chi connectivity index (χ1v) is 8.79. The predicted octanol–water partition coefficient (Wildman–Crippen LogP) is 5.04. The van der Waals surface area contributed by atoms with Crippen LogP contribution < -0.4 is 4.90 Å². The van der Waals surface area contributed by atoms with Crippen molar-refractivity contribution in [2.24, 2.45) is 0 Å². The van der Waals surface area contributed by atoms with Crippen molar-refractivity contribution in [3.05, 3.63) is 83.8 Å². The largest absolute Gasteiger partial charge is 0.467 e. The van der Waals surface area contributed by atoms with E-state index in [1.54, 1.807) is 11.2 Å². The summed E-state index contributed by atoms with van der Waals surface area (Å²) in [4.78, 5) is 19.5. The van der Waals surface area contributed by atoms with E-state index in [4.69, 9.17) is 4.42 Å². The van der Waals surface area contributed by atoms with Crippen LogP contribution >= 0.6 is 11.3 Å². The molecule has 0 fully saturated rings. The van der Waals surface area contributed by atoms with E-state index in [1.165, 1.54) is 11.3 Å². The van der Waals surface area contributed by atoms with Gasteiger partial charge in [-0.15, -0.1) is 0 Å². The molecule has 0 spiro atoms. The van der Waals surface area contributed by atoms with Crippen LogP contribution in [0.25, 0.3) is 10.2 Å². The molecular weight excluding hydrogens is 332 g/mol. The van der Waals surface area contributed by atoms with Gasteiger partial charge in [-0.2, -0.15) is 0 Å². The number of anilines is 1. The molecule has 0 unspecified atom stereocenters. The lowest BCUT2D eigenvalue weighted by Crippen LogP contribution is -2.30. The lowest BCUT2D eigenvalue weighted by atomic mass is 10.1. The fourth-order valence-electron chi connectivity index (χ4n) is 2.69. The molecule has 2 aromatic heterocycles. The van der Waals surface area contributed by atoms with Crippen LogP contribution in [0, 0.1) is 6.92 Å². The van der Waals surface area contributed by atoms with Crippen molar-refractivity contribution >= 4 is 32.6 Å². The molecule has 0 aliphatic carbocycles. The molecule has 4 aromatic rings. The number of nitrogens with zero attached hydrogens (tertiary/aromatic N) is 2. The third-order valence-corrected chi connectivity index (χ3v) is 4.98. The lowest BCUT2D eigenvalue weighted by molar-refractivity contribution is 0.0983. The highest BCUT2D eigenvalue weighted by atomic mass is 32.1. The number of hydrogen-bond donors (Lipinski definition) is 0. The van der Waals surface area contributed by atoms with Gasteiger partial charge < -0.3 is 4.42 Å². The highest BCUT2D eigenvalue weighted by Crippen LogP contribution is 2.30. The molecule has 2 heterocycles. The molecule has 0 saturated carbocycles. The summed E-state index contributed by atoms with van der Waals surface area (Å²) in [6.07, 6.45) is 1.61. The van der Waals surface area contributed by atoms with Crippen LogP contribution in [0.2, 0.25) is 0 Å². The van der Waals surface area contributed by atoms with E-state index in [0.29, 0.717) is 17.2 Å². The lowest BCUT2D eigenvalue weighted by Gasteiger charge is -2.19. The fraction of sp³-hybridized carbons (Fsp3) is 0.100. The molecule has 124 valence electrons. The number of aryl methyl sites for hydroxylation is 1. The van der Waals surface area contributed by atoms with Gasteiger partial charge in [0.25, 0.3) is 5.91 Å². The molecule has 0 aliphatic rings. The maximum Gasteiger partial charge on any atom is 0.260 e. The third kappa shape index (κ3) is 3.19. The van der Waals surface area contributed by atoms with E-state index in [-0.39, 0.29) is 5.91 Å². The van der Waals surface area contributed by atoms with Crippen LogP contribution in [-0.2, 0) is 6.54 Å². The number of aromatic nitrogens is 1. The summed E-state index contributed by atoms with van der Waals surface area (Å²) in [5, 5.41) is 0.670. The maximum atomic E-state index is 13.2. The molecule has 0 atom stereocenters. The number of hydrogen-bond acceptors (Lipinski definition) is 4. The molecule has 0 saturated heterocycles. The van der Waals surface area contributed by atoms with Gasteiger partial charge in [0.05, 0.1) is 23.0 Å². The molecule has 25 heavy (non-hydrogen) atoms. The van der Waals surface area contributed by atoms with Crippen molar-refractivity contribution in [3.8, 4) is 0 Å². The maximum absolute atomic E-state index is 13.2. The number of benzene rings is 2. The van der Waals surface area contributed by atoms with Gasteiger partial charge in [-0.3, -0.25) is 9.69 Å². The van der Waals surface area contributed by atoms with E-state index in [2.05, 4.69) is 4.98 Å². The van der Waals surface area contributed by atoms with Crippen LogP contribution in [0.4, 0.5) is 5.13 Å². The minimum atomic E-state index is -0.0841. The van der Waals surface area contributed by atoms with Gasteiger partial charge in [0.15, 0.2) is 5.13 Å². The van der Waals surface area contributed by atoms with Crippen molar-refractivity contribution in [2.75, 3.05) is 4.90 Å². The second-order valence-corrected chi connectivity index (χ2v) is 6.81. The minimum absolute atomic E-state index is 0.0841. The average molecular weight is 348 g/mol. The zero-order valence-corrected chi connectivity index (χ0v) is 14.5. The Morgan fingerprint density at radius 1 is 1.12 bits per heavy atom. The first kappa shape index (κ1) is 15.6. The van der Waals surface area contributed by atoms with Gasteiger partial charge in [0.1, 0.15) is 5.76 Å². The second kappa shape index (κ2) is 6.53. The van der Waals surface area contributed by atoms with E-state index in [0.717, 1.165) is 21.5 Å². The topological polar surface area (TPSA) is 46.3 Å². The molecular formula is C20H16N2O2S. The standard InChI is InChI=1S/C20H16N2O2S/c1-14-6-4-7-15(12-14)19(23)22(13-16-8-5-11-24-16)20-21-17-9-2-3-10-18(17)25-20/h2-12H,13H2,1H3. The van der Waals surface area contributed by atoms with Gasteiger partial charge in [-0.05, 0) is 43.3 Å². The van der Waals surface area contributed by atoms with E-state index >= 15 is 0 Å². The SMILES string of the molecule is Cc1cccc(C(=O)N(Cc2ccco2)c2nc3ccccc3s2)c1. The minimum Gasteiger partial charge on any atom is -0.467 e. The average Bonchev–Trinajstić information content (AvgIpc) is 3.28. The molecule has 5 heteroatoms. The summed E-state index contributed by atoms with van der Waals surface area (Å²) < 4.78 is 6.51. The number of para-hydroxylation sites is 1. The van der Waals surface area contributed by atoms with Crippen LogP contribution in [0.3, 0.4) is 0 Å². The molecule has 1 amide bonds. The van der Waals surface area contributed by atoms with Crippen LogP contribution in [0.5, 0.6) is 0 Å². The van der Waals surface area contributed by atoms with Crippen molar-refractivity contribution in [2.45, 2.75) is 13.5 Å². The summed E-state index contributed by atoms with van der Waals surface area (Å²) in [5.74, 6) is 0.638. The normalized spacial score (nSPS) is 10.9. The van der Waals surface area contributed by atoms with E-state index < -0.39 is 0 Å². The number of fused-ring (bicyclic) bond motifs is 1. The molecule has 4 rings (SSSR count). The van der Waals surface area contributed by atoms with Gasteiger partial charge >= 0.3 is 0 Å². The van der Waals surface area contributed by atoms with Crippen molar-refractivity contribution in [1.82, 2.24) is 4.98 Å². The molecule has 0 N–H and O–H groups in total. The Hall–Kier alpha value is -2.92. The Kier molecular flexibility index (Phi) is 4.07. The Labute approximate surface area is 149 Å². The Morgan fingerprint density at radius 3 is 2.76 bits per heavy atom. The van der Waals surface area contributed by atoms with Gasteiger partial charge in [0, 0.05) is 5.56 Å². The van der Waals surface area contributed by atoms with E-state index in [9.17, 15) is 4.79 Å². The summed E-state index contributed by atoms with van der Waals surface area (Å²) >= 11 is 1.51. The number of carbonyl (C=O) groups excluding carboxylic acids is 1. The number of thiazole rings is 1. The predicted molar refractivity (Wildman–Crippen MR) is 100 cm³/mol. The third-order valence-electron chi connectivity index (χ3n) is 3.92. The molecule has 4 nitrogen and oxygen atoms in total. The second-order valence-electron chi connectivity index (χ2n) is 5.80. The number of furan rings is 1. The Balaban J connectivity index is 1.76. The number of amides is 1. The molecule has 0 radical (unpaired) electrons. The fourth-order valence-corrected chi connectivity index (χ4v) is 3.66. The van der Waals surface area contributed by atoms with Crippen molar-refractivity contribution in [1.29, 1.82) is 0 Å². The Bertz CT molecular complexity index is 988. The van der Waals surface area contributed by atoms with Gasteiger partial charge in [0.2, 0.25) is 0 Å². The van der Waals surface area contributed by atoms with Crippen LogP contribution in [0.1, 0.15) is 21.7 Å². The quantitative estimate of drug-likeness (QED) is 0.519. The zero-order valence-electron chi connectivity index (χ0n) is 13.7. The first-order chi connectivity index (χ1) is 12.2. The Morgan fingerprint density at radius 2 is 2.00 bits per heavy atom. The van der Waals surface area contributed by atoms with Crippen molar-refractivity contribution < 1.29 is 9.21 Å². The summed E-state index contributed by atoms with van der Waals surface area (Å²) in [5.41, 5.74) is 2.59. The molecule has 0 bridgehead atoms. The number of carbonyl (C=O) groups is 1. The smallest absolute Gasteiger partial charge is 0.260 e. The monoisotopic (exact) mass is 348 g/mol. The van der Waals surface area contributed by atoms with E-state index in [1.807, 2.05) is 67.6 Å². The van der Waals surface area contributed by atoms with Crippen LogP contribution in [-0.4, -0.2) is 10.9 Å². The van der Waals surface area contributed by atoms with Gasteiger partial charge in [-0.1, -0.05) is 41.2 Å². The summed E-state index contributed by atoms with van der Waals surface area (Å²) in [6, 6.07) is 19.2. The zero-order chi connectivity index (χ0) is 17.2. The molecule has 2 aromatic carbocycles. The van der Waals surface area contributed by atoms with Crippen molar-refractivity contribution in [3.63, 3.8) is 0 Å². The summed E-state index contributed by atoms with van der Waals surface area (Å²) in [7, 11) is 0. The van der Waals surface area contributed by atoms with Gasteiger partial charge in [-0.25, -0.2) is 4.98 Å². The highest BCUT2D eigenvalue weighted by molar-refractivity contribution is 7.22. The molecule has 0 aliphatic heterocycles. The highest BCUT2D eigenvalue weighted by Gasteiger charge is 2.22.